The van der Waals surface area contributed by atoms with Gasteiger partial charge in [0.1, 0.15) is 10.8 Å². The highest BCUT2D eigenvalue weighted by Crippen LogP contribution is 2.03. The lowest BCUT2D eigenvalue weighted by Gasteiger charge is -1.92. The van der Waals surface area contributed by atoms with Crippen LogP contribution in [-0.4, -0.2) is 17.4 Å². The van der Waals surface area contributed by atoms with Crippen molar-refractivity contribution in [3.8, 4) is 11.8 Å². The summed E-state index contributed by atoms with van der Waals surface area (Å²) in [7, 11) is 0. The first-order valence-electron chi connectivity index (χ1n) is 4.04. The van der Waals surface area contributed by atoms with Crippen molar-refractivity contribution in [2.45, 2.75) is 6.92 Å². The van der Waals surface area contributed by atoms with Crippen LogP contribution in [0.15, 0.2) is 18.2 Å². The first-order chi connectivity index (χ1) is 6.68. The number of amides is 1. The average molecular weight is 209 g/mol. The van der Waals surface area contributed by atoms with E-state index in [9.17, 15) is 4.79 Å². The summed E-state index contributed by atoms with van der Waals surface area (Å²) < 4.78 is 0. The monoisotopic (exact) mass is 208 g/mol. The third kappa shape index (κ3) is 3.92. The summed E-state index contributed by atoms with van der Waals surface area (Å²) in [4.78, 5) is 14.5. The SMILES string of the molecule is CC(=O)NCC#Cc1cccc(Cl)n1. The fourth-order valence-electron chi connectivity index (χ4n) is 0.781. The fourth-order valence-corrected chi connectivity index (χ4v) is 0.945. The molecule has 72 valence electrons. The Hall–Kier alpha value is -1.53. The average Bonchev–Trinajstić information content (AvgIpc) is 2.12. The molecule has 0 saturated heterocycles. The van der Waals surface area contributed by atoms with Gasteiger partial charge in [0.25, 0.3) is 0 Å². The number of hydrogen-bond donors (Lipinski definition) is 1. The van der Waals surface area contributed by atoms with Gasteiger partial charge >= 0.3 is 0 Å². The summed E-state index contributed by atoms with van der Waals surface area (Å²) in [6, 6.07) is 5.21. The third-order valence-electron chi connectivity index (χ3n) is 1.36. The Morgan fingerprint density at radius 3 is 3.07 bits per heavy atom. The van der Waals surface area contributed by atoms with E-state index in [1.165, 1.54) is 6.92 Å². The van der Waals surface area contributed by atoms with Crippen LogP contribution in [0.5, 0.6) is 0 Å². The predicted octanol–water partition coefficient (Wildman–Crippen LogP) is 1.22. The zero-order valence-corrected chi connectivity index (χ0v) is 8.43. The molecule has 0 radical (unpaired) electrons. The van der Waals surface area contributed by atoms with E-state index in [2.05, 4.69) is 22.1 Å². The normalized spacial score (nSPS) is 8.71. The summed E-state index contributed by atoms with van der Waals surface area (Å²) in [5.74, 6) is 5.44. The lowest BCUT2D eigenvalue weighted by Crippen LogP contribution is -2.19. The summed E-state index contributed by atoms with van der Waals surface area (Å²) in [5.41, 5.74) is 0.600. The molecule has 0 aliphatic carbocycles. The smallest absolute Gasteiger partial charge is 0.217 e. The molecule has 14 heavy (non-hydrogen) atoms. The molecule has 1 heterocycles. The second-order valence-electron chi connectivity index (χ2n) is 2.56. The number of aromatic nitrogens is 1. The molecule has 0 unspecified atom stereocenters. The standard InChI is InChI=1S/C10H9ClN2O/c1-8(14)12-7-3-5-9-4-2-6-10(11)13-9/h2,4,6H,7H2,1H3,(H,12,14). The predicted molar refractivity (Wildman–Crippen MR) is 54.8 cm³/mol. The molecule has 3 nitrogen and oxygen atoms in total. The molecule has 0 aliphatic heterocycles. The number of carbonyl (C=O) groups is 1. The van der Waals surface area contributed by atoms with Gasteiger partial charge in [-0.1, -0.05) is 23.6 Å². The van der Waals surface area contributed by atoms with E-state index in [1.807, 2.05) is 0 Å². The highest BCUT2D eigenvalue weighted by molar-refractivity contribution is 6.29. The number of hydrogen-bond acceptors (Lipinski definition) is 2. The second-order valence-corrected chi connectivity index (χ2v) is 2.94. The first kappa shape index (κ1) is 10.6. The molecular weight excluding hydrogens is 200 g/mol. The molecule has 0 fully saturated rings. The molecule has 1 aromatic rings. The number of halogens is 1. The Balaban J connectivity index is 2.55. The van der Waals surface area contributed by atoms with Crippen molar-refractivity contribution in [3.05, 3.63) is 29.0 Å². The Morgan fingerprint density at radius 1 is 1.64 bits per heavy atom. The highest BCUT2D eigenvalue weighted by Gasteiger charge is 1.89. The largest absolute Gasteiger partial charge is 0.345 e. The zero-order valence-electron chi connectivity index (χ0n) is 7.67. The van der Waals surface area contributed by atoms with Crippen LogP contribution in [-0.2, 0) is 4.79 Å². The molecule has 0 spiro atoms. The van der Waals surface area contributed by atoms with Gasteiger partial charge in [0.15, 0.2) is 0 Å². The van der Waals surface area contributed by atoms with Gasteiger partial charge in [-0.05, 0) is 18.1 Å². The van der Waals surface area contributed by atoms with Crippen LogP contribution >= 0.6 is 11.6 Å². The van der Waals surface area contributed by atoms with Crippen molar-refractivity contribution < 1.29 is 4.79 Å². The van der Waals surface area contributed by atoms with Crippen molar-refractivity contribution in [2.24, 2.45) is 0 Å². The van der Waals surface area contributed by atoms with Crippen LogP contribution in [0, 0.1) is 11.8 Å². The van der Waals surface area contributed by atoms with Gasteiger partial charge in [0, 0.05) is 6.92 Å². The number of pyridine rings is 1. The molecular formula is C10H9ClN2O. The van der Waals surface area contributed by atoms with Crippen LogP contribution in [0.2, 0.25) is 5.15 Å². The second kappa shape index (κ2) is 5.25. The Labute approximate surface area is 87.5 Å². The van der Waals surface area contributed by atoms with E-state index in [0.717, 1.165) is 0 Å². The van der Waals surface area contributed by atoms with Gasteiger partial charge in [-0.15, -0.1) is 0 Å². The van der Waals surface area contributed by atoms with Gasteiger partial charge in [0.2, 0.25) is 5.91 Å². The molecule has 0 atom stereocenters. The number of carbonyl (C=O) groups excluding carboxylic acids is 1. The van der Waals surface area contributed by atoms with E-state index in [0.29, 0.717) is 17.4 Å². The zero-order chi connectivity index (χ0) is 10.4. The van der Waals surface area contributed by atoms with E-state index >= 15 is 0 Å². The number of rotatable bonds is 1. The molecule has 0 saturated carbocycles. The van der Waals surface area contributed by atoms with Crippen molar-refractivity contribution >= 4 is 17.5 Å². The summed E-state index contributed by atoms with van der Waals surface area (Å²) in [6.45, 7) is 1.77. The minimum atomic E-state index is -0.0987. The number of nitrogens with zero attached hydrogens (tertiary/aromatic N) is 1. The van der Waals surface area contributed by atoms with E-state index in [1.54, 1.807) is 18.2 Å². The maximum Gasteiger partial charge on any atom is 0.217 e. The van der Waals surface area contributed by atoms with Crippen LogP contribution < -0.4 is 5.32 Å². The van der Waals surface area contributed by atoms with Crippen molar-refractivity contribution in [2.75, 3.05) is 6.54 Å². The molecule has 1 aromatic heterocycles. The first-order valence-corrected chi connectivity index (χ1v) is 4.42. The molecule has 4 heteroatoms. The topological polar surface area (TPSA) is 42.0 Å². The Morgan fingerprint density at radius 2 is 2.43 bits per heavy atom. The molecule has 0 aliphatic rings. The van der Waals surface area contributed by atoms with E-state index in [4.69, 9.17) is 11.6 Å². The highest BCUT2D eigenvalue weighted by atomic mass is 35.5. The van der Waals surface area contributed by atoms with Gasteiger partial charge in [-0.2, -0.15) is 0 Å². The molecule has 0 bridgehead atoms. The maximum atomic E-state index is 10.5. The molecule has 1 rings (SSSR count). The lowest BCUT2D eigenvalue weighted by molar-refractivity contribution is -0.118. The summed E-state index contributed by atoms with van der Waals surface area (Å²) in [6.07, 6.45) is 0. The van der Waals surface area contributed by atoms with Crippen molar-refractivity contribution in [3.63, 3.8) is 0 Å². The maximum absolute atomic E-state index is 10.5. The van der Waals surface area contributed by atoms with Crippen molar-refractivity contribution in [1.82, 2.24) is 10.3 Å². The Kier molecular flexibility index (Phi) is 3.96. The minimum Gasteiger partial charge on any atom is -0.345 e. The summed E-state index contributed by atoms with van der Waals surface area (Å²) in [5, 5.41) is 2.97. The fraction of sp³-hybridized carbons (Fsp3) is 0.200. The number of nitrogens with one attached hydrogen (secondary N) is 1. The Bertz CT molecular complexity index is 393. The van der Waals surface area contributed by atoms with Crippen LogP contribution in [0.3, 0.4) is 0 Å². The van der Waals surface area contributed by atoms with E-state index < -0.39 is 0 Å². The van der Waals surface area contributed by atoms with Gasteiger partial charge < -0.3 is 5.32 Å². The van der Waals surface area contributed by atoms with Crippen LogP contribution in [0.1, 0.15) is 12.6 Å². The third-order valence-corrected chi connectivity index (χ3v) is 1.57. The summed E-state index contributed by atoms with van der Waals surface area (Å²) >= 11 is 5.66. The van der Waals surface area contributed by atoms with Crippen LogP contribution in [0.4, 0.5) is 0 Å². The van der Waals surface area contributed by atoms with Gasteiger partial charge in [-0.25, -0.2) is 4.98 Å². The van der Waals surface area contributed by atoms with Crippen molar-refractivity contribution in [1.29, 1.82) is 0 Å². The molecule has 0 aromatic carbocycles. The quantitative estimate of drug-likeness (QED) is 0.557. The lowest BCUT2D eigenvalue weighted by atomic mass is 10.3. The minimum absolute atomic E-state index is 0.0987. The molecule has 1 amide bonds. The van der Waals surface area contributed by atoms with Gasteiger partial charge in [-0.3, -0.25) is 4.79 Å². The van der Waals surface area contributed by atoms with Crippen LogP contribution in [0.25, 0.3) is 0 Å². The molecule has 1 N–H and O–H groups in total. The van der Waals surface area contributed by atoms with Gasteiger partial charge in [0.05, 0.1) is 6.54 Å². The van der Waals surface area contributed by atoms with E-state index in [-0.39, 0.29) is 5.91 Å².